The van der Waals surface area contributed by atoms with E-state index in [-0.39, 0.29) is 6.04 Å². The zero-order chi connectivity index (χ0) is 10.8. The quantitative estimate of drug-likeness (QED) is 0.113. The Kier molecular flexibility index (Phi) is 10.0. The van der Waals surface area contributed by atoms with E-state index in [1.54, 1.807) is 0 Å². The Morgan fingerprint density at radius 2 is 1.79 bits per heavy atom. The second kappa shape index (κ2) is 9.81. The van der Waals surface area contributed by atoms with Gasteiger partial charge in [-0.25, -0.2) is 9.01 Å². The number of thiol groups is 2. The van der Waals surface area contributed by atoms with E-state index < -0.39 is 6.04 Å². The first-order valence-electron chi connectivity index (χ1n) is 3.74. The molecule has 0 fully saturated rings. The molecule has 0 saturated heterocycles. The van der Waals surface area contributed by atoms with Crippen LogP contribution in [-0.4, -0.2) is 36.2 Å². The van der Waals surface area contributed by atoms with Gasteiger partial charge in [-0.3, -0.25) is 0 Å². The minimum Gasteiger partial charge on any atom is -0.302 e. The maximum atomic E-state index is 10.3. The van der Waals surface area contributed by atoms with Crippen LogP contribution < -0.4 is 10.2 Å². The number of aldehydes is 2. The van der Waals surface area contributed by atoms with Gasteiger partial charge < -0.3 is 9.59 Å². The second-order valence-corrected chi connectivity index (χ2v) is 3.55. The zero-order valence-corrected chi connectivity index (χ0v) is 9.86. The van der Waals surface area contributed by atoms with Crippen LogP contribution in [0, 0.1) is 0 Å². The minimum atomic E-state index is -0.460. The van der Waals surface area contributed by atoms with Crippen molar-refractivity contribution >= 4 is 50.1 Å². The summed E-state index contributed by atoms with van der Waals surface area (Å²) in [5.41, 5.74) is 2.44. The summed E-state index contributed by atoms with van der Waals surface area (Å²) in [5.74, 6) is 0.720. The minimum absolute atomic E-state index is 0.341. The Labute approximate surface area is 97.8 Å². The van der Waals surface area contributed by atoms with Gasteiger partial charge in [-0.05, 0) is 0 Å². The van der Waals surface area contributed by atoms with Crippen molar-refractivity contribution in [3.05, 3.63) is 0 Å². The summed E-state index contributed by atoms with van der Waals surface area (Å²) in [6.45, 7) is 0. The van der Waals surface area contributed by atoms with E-state index in [2.05, 4.69) is 35.5 Å². The molecule has 8 heteroatoms. The van der Waals surface area contributed by atoms with Gasteiger partial charge in [0.2, 0.25) is 0 Å². The lowest BCUT2D eigenvalue weighted by Crippen LogP contribution is -2.33. The SMILES string of the molecule is O=C[C@H](CS)NOSN[C@H](C=O)CS. The fourth-order valence-corrected chi connectivity index (χ4v) is 1.33. The molecule has 0 amide bonds. The molecule has 0 aliphatic heterocycles. The van der Waals surface area contributed by atoms with Crippen molar-refractivity contribution in [2.24, 2.45) is 0 Å². The topological polar surface area (TPSA) is 67.4 Å². The van der Waals surface area contributed by atoms with Gasteiger partial charge in [0.25, 0.3) is 0 Å². The molecule has 0 unspecified atom stereocenters. The van der Waals surface area contributed by atoms with Crippen LogP contribution in [-0.2, 0) is 13.9 Å². The van der Waals surface area contributed by atoms with Crippen LogP contribution in [0.4, 0.5) is 0 Å². The van der Waals surface area contributed by atoms with Gasteiger partial charge in [-0.1, -0.05) is 0 Å². The predicted molar refractivity (Wildman–Crippen MR) is 62.4 cm³/mol. The summed E-state index contributed by atoms with van der Waals surface area (Å²) in [4.78, 5) is 20.6. The Morgan fingerprint density at radius 1 is 1.21 bits per heavy atom. The number of hydrogen-bond acceptors (Lipinski definition) is 8. The molecule has 0 aliphatic rings. The van der Waals surface area contributed by atoms with Crippen molar-refractivity contribution in [3.8, 4) is 0 Å². The molecule has 0 radical (unpaired) electrons. The molecule has 0 aliphatic carbocycles. The summed E-state index contributed by atoms with van der Waals surface area (Å²) in [6.07, 6.45) is 1.41. The van der Waals surface area contributed by atoms with Crippen LogP contribution in [0.2, 0.25) is 0 Å². The van der Waals surface area contributed by atoms with Crippen molar-refractivity contribution < 1.29 is 13.9 Å². The van der Waals surface area contributed by atoms with E-state index in [9.17, 15) is 9.59 Å². The van der Waals surface area contributed by atoms with Gasteiger partial charge in [-0.2, -0.15) is 30.7 Å². The van der Waals surface area contributed by atoms with Gasteiger partial charge in [0.15, 0.2) is 0 Å². The first kappa shape index (κ1) is 14.3. The highest BCUT2D eigenvalue weighted by Gasteiger charge is 2.06. The molecule has 0 bridgehead atoms. The Hall–Kier alpha value is 0.270. The molecule has 0 aromatic carbocycles. The van der Waals surface area contributed by atoms with E-state index in [0.717, 1.165) is 18.5 Å². The summed E-state index contributed by atoms with van der Waals surface area (Å²) in [6, 6.07) is -0.839. The van der Waals surface area contributed by atoms with Gasteiger partial charge in [0.05, 0.1) is 12.1 Å². The van der Waals surface area contributed by atoms with Crippen LogP contribution in [0.15, 0.2) is 0 Å². The van der Waals surface area contributed by atoms with Crippen molar-refractivity contribution in [2.45, 2.75) is 12.1 Å². The van der Waals surface area contributed by atoms with Crippen molar-refractivity contribution in [1.29, 1.82) is 0 Å². The molecule has 0 spiro atoms. The summed E-state index contributed by atoms with van der Waals surface area (Å²) < 4.78 is 7.46. The highest BCUT2D eigenvalue weighted by atomic mass is 32.2. The van der Waals surface area contributed by atoms with Crippen LogP contribution in [0.25, 0.3) is 0 Å². The first-order chi connectivity index (χ1) is 6.78. The number of rotatable bonds is 9. The molecule has 0 aromatic rings. The number of hydroxylamine groups is 1. The van der Waals surface area contributed by atoms with E-state index in [0.29, 0.717) is 17.8 Å². The van der Waals surface area contributed by atoms with Crippen molar-refractivity contribution in [1.82, 2.24) is 10.2 Å². The maximum absolute atomic E-state index is 10.3. The van der Waals surface area contributed by atoms with Crippen LogP contribution in [0.1, 0.15) is 0 Å². The number of carbonyl (C=O) groups is 2. The summed E-state index contributed by atoms with van der Waals surface area (Å²) >= 11 is 8.66. The summed E-state index contributed by atoms with van der Waals surface area (Å²) in [5, 5.41) is 0. The fraction of sp³-hybridized carbons (Fsp3) is 0.667. The monoisotopic (exact) mass is 256 g/mol. The van der Waals surface area contributed by atoms with Gasteiger partial charge in [-0.15, -0.1) is 0 Å². The lowest BCUT2D eigenvalue weighted by atomic mass is 10.4. The van der Waals surface area contributed by atoms with Crippen LogP contribution in [0.3, 0.4) is 0 Å². The fourth-order valence-electron chi connectivity index (χ4n) is 0.388. The van der Waals surface area contributed by atoms with E-state index in [4.69, 9.17) is 4.28 Å². The van der Waals surface area contributed by atoms with Crippen molar-refractivity contribution in [2.75, 3.05) is 11.5 Å². The smallest absolute Gasteiger partial charge is 0.140 e. The Bertz CT molecular complexity index is 154. The van der Waals surface area contributed by atoms with Gasteiger partial charge >= 0.3 is 0 Å². The lowest BCUT2D eigenvalue weighted by Gasteiger charge is -2.10. The maximum Gasteiger partial charge on any atom is 0.140 e. The molecule has 82 valence electrons. The molecule has 2 atom stereocenters. The molecule has 2 N–H and O–H groups in total. The predicted octanol–water partition coefficient (Wildman–Crippen LogP) is -0.345. The molecular formula is C6H12N2O3S3. The lowest BCUT2D eigenvalue weighted by molar-refractivity contribution is -0.111. The van der Waals surface area contributed by atoms with E-state index in [1.165, 1.54) is 0 Å². The Balaban J connectivity index is 3.44. The number of hydrogen-bond donors (Lipinski definition) is 4. The normalized spacial score (nSPS) is 14.7. The first-order valence-corrected chi connectivity index (χ1v) is 5.75. The molecule has 0 heterocycles. The average molecular weight is 256 g/mol. The second-order valence-electron chi connectivity index (χ2n) is 2.25. The zero-order valence-electron chi connectivity index (χ0n) is 7.25. The molecular weight excluding hydrogens is 244 g/mol. The molecule has 0 aromatic heterocycles. The number of nitrogens with one attached hydrogen (secondary N) is 2. The average Bonchev–Trinajstić information content (AvgIpc) is 2.24. The molecule has 0 saturated carbocycles. The van der Waals surface area contributed by atoms with E-state index in [1.807, 2.05) is 0 Å². The number of carbonyl (C=O) groups excluding carboxylic acids is 2. The third-order valence-corrected chi connectivity index (χ3v) is 2.53. The highest BCUT2D eigenvalue weighted by molar-refractivity contribution is 7.92. The molecule has 5 nitrogen and oxygen atoms in total. The van der Waals surface area contributed by atoms with Gasteiger partial charge in [0, 0.05) is 11.5 Å². The highest BCUT2D eigenvalue weighted by Crippen LogP contribution is 1.97. The van der Waals surface area contributed by atoms with Gasteiger partial charge in [0.1, 0.15) is 24.8 Å². The summed E-state index contributed by atoms with van der Waals surface area (Å²) in [7, 11) is 0. The largest absolute Gasteiger partial charge is 0.302 e. The van der Waals surface area contributed by atoms with Crippen molar-refractivity contribution in [3.63, 3.8) is 0 Å². The standard InChI is InChI=1S/C6H12N2O3S3/c9-1-5(3-12)7-11-14-8-6(2-10)4-13/h1-2,5-8,12-13H,3-4H2/t5-,6-/m1/s1. The molecule has 0 rings (SSSR count). The van der Waals surface area contributed by atoms with Crippen LogP contribution in [0.5, 0.6) is 0 Å². The third-order valence-electron chi connectivity index (χ3n) is 1.16. The van der Waals surface area contributed by atoms with Crippen LogP contribution >= 0.6 is 37.5 Å². The Morgan fingerprint density at radius 3 is 2.21 bits per heavy atom. The molecule has 14 heavy (non-hydrogen) atoms. The third kappa shape index (κ3) is 6.68. The van der Waals surface area contributed by atoms with E-state index >= 15 is 0 Å².